The van der Waals surface area contributed by atoms with Gasteiger partial charge in [-0.25, -0.2) is 4.79 Å². The van der Waals surface area contributed by atoms with Crippen molar-refractivity contribution < 1.29 is 9.53 Å². The van der Waals surface area contributed by atoms with Gasteiger partial charge in [0.1, 0.15) is 5.60 Å². The lowest BCUT2D eigenvalue weighted by molar-refractivity contribution is 0.0514. The second-order valence-corrected chi connectivity index (χ2v) is 5.21. The Kier molecular flexibility index (Phi) is 7.45. The lowest BCUT2D eigenvalue weighted by Gasteiger charge is -2.21. The minimum Gasteiger partial charge on any atom is -0.444 e. The summed E-state index contributed by atoms with van der Waals surface area (Å²) in [6.45, 7) is 7.66. The van der Waals surface area contributed by atoms with Crippen LogP contribution in [0.3, 0.4) is 0 Å². The molecule has 17 heavy (non-hydrogen) atoms. The first kappa shape index (κ1) is 15.8. The van der Waals surface area contributed by atoms with E-state index in [4.69, 9.17) is 11.2 Å². The van der Waals surface area contributed by atoms with E-state index in [-0.39, 0.29) is 6.04 Å². The second kappa shape index (κ2) is 8.00. The summed E-state index contributed by atoms with van der Waals surface area (Å²) in [5, 5.41) is 2.70. The van der Waals surface area contributed by atoms with E-state index in [0.717, 1.165) is 19.3 Å². The van der Waals surface area contributed by atoms with E-state index in [9.17, 15) is 4.79 Å². The van der Waals surface area contributed by atoms with Crippen LogP contribution in [0.25, 0.3) is 0 Å². The Bertz CT molecular complexity index is 260. The summed E-state index contributed by atoms with van der Waals surface area (Å²) >= 11 is 0. The smallest absolute Gasteiger partial charge is 0.408 e. The molecule has 0 radical (unpaired) electrons. The molecule has 1 atom stereocenters. The molecule has 0 rings (SSSR count). The quantitative estimate of drug-likeness (QED) is 0.569. The maximum atomic E-state index is 11.5. The second-order valence-electron chi connectivity index (χ2n) is 5.21. The fourth-order valence-electron chi connectivity index (χ4n) is 1.42. The summed E-state index contributed by atoms with van der Waals surface area (Å²) in [6.07, 6.45) is 10.4. The van der Waals surface area contributed by atoms with Gasteiger partial charge in [-0.2, -0.15) is 0 Å². The molecule has 0 fully saturated rings. The number of nitrogens with one attached hydrogen (secondary N) is 1. The van der Waals surface area contributed by atoms with Crippen LogP contribution in [0.4, 0.5) is 4.79 Å². The fraction of sp³-hybridized carbons (Fsp3) is 0.786. The zero-order valence-corrected chi connectivity index (χ0v) is 11.5. The van der Waals surface area contributed by atoms with Crippen molar-refractivity contribution in [1.29, 1.82) is 0 Å². The van der Waals surface area contributed by atoms with Crippen molar-refractivity contribution in [2.75, 3.05) is 0 Å². The lowest BCUT2D eigenvalue weighted by atomic mass is 10.1. The largest absolute Gasteiger partial charge is 0.444 e. The van der Waals surface area contributed by atoms with Crippen molar-refractivity contribution in [3.8, 4) is 12.3 Å². The van der Waals surface area contributed by atoms with Crippen molar-refractivity contribution in [3.05, 3.63) is 0 Å². The Morgan fingerprint density at radius 2 is 2.00 bits per heavy atom. The van der Waals surface area contributed by atoms with E-state index in [0.29, 0.717) is 0 Å². The molecular weight excluding hydrogens is 214 g/mol. The average Bonchev–Trinajstić information content (AvgIpc) is 2.20. The van der Waals surface area contributed by atoms with Gasteiger partial charge in [0, 0.05) is 0 Å². The number of terminal acetylenes is 1. The summed E-state index contributed by atoms with van der Waals surface area (Å²) < 4.78 is 5.15. The number of carbonyl (C=O) groups is 1. The molecule has 0 unspecified atom stereocenters. The summed E-state index contributed by atoms with van der Waals surface area (Å²) in [7, 11) is 0. The number of ether oxygens (including phenoxy) is 1. The molecule has 0 aromatic carbocycles. The molecule has 0 saturated carbocycles. The third kappa shape index (κ3) is 9.74. The molecule has 0 aromatic heterocycles. The van der Waals surface area contributed by atoms with E-state index in [1.54, 1.807) is 0 Å². The van der Waals surface area contributed by atoms with Gasteiger partial charge >= 0.3 is 6.09 Å². The van der Waals surface area contributed by atoms with Crippen LogP contribution in [0, 0.1) is 12.3 Å². The van der Waals surface area contributed by atoms with E-state index in [1.165, 1.54) is 12.8 Å². The van der Waals surface area contributed by atoms with Gasteiger partial charge in [0.05, 0.1) is 6.04 Å². The van der Waals surface area contributed by atoms with E-state index in [2.05, 4.69) is 18.2 Å². The Morgan fingerprint density at radius 1 is 1.35 bits per heavy atom. The number of rotatable bonds is 6. The number of amides is 1. The Morgan fingerprint density at radius 3 is 2.47 bits per heavy atom. The van der Waals surface area contributed by atoms with Gasteiger partial charge < -0.3 is 10.1 Å². The van der Waals surface area contributed by atoms with Gasteiger partial charge in [0.2, 0.25) is 0 Å². The zero-order chi connectivity index (χ0) is 13.3. The van der Waals surface area contributed by atoms with Crippen molar-refractivity contribution in [2.24, 2.45) is 0 Å². The molecule has 0 bridgehead atoms. The van der Waals surface area contributed by atoms with Gasteiger partial charge in [0.25, 0.3) is 0 Å². The molecule has 0 saturated heterocycles. The highest BCUT2D eigenvalue weighted by Crippen LogP contribution is 2.08. The topological polar surface area (TPSA) is 38.3 Å². The molecule has 3 heteroatoms. The molecule has 0 aliphatic rings. The highest BCUT2D eigenvalue weighted by atomic mass is 16.6. The third-order valence-electron chi connectivity index (χ3n) is 2.24. The number of alkyl carbamates (subject to hydrolysis) is 1. The molecule has 0 aromatic rings. The van der Waals surface area contributed by atoms with Gasteiger partial charge in [0.15, 0.2) is 0 Å². The molecule has 98 valence electrons. The standard InChI is InChI=1S/C14H25NO2/c1-6-8-9-10-11-12(7-2)15-13(16)17-14(3,4)5/h2,12H,6,8-11H2,1,3-5H3,(H,15,16)/t12-/m1/s1. The molecule has 0 heterocycles. The number of unbranched alkanes of at least 4 members (excludes halogenated alkanes) is 3. The SMILES string of the molecule is C#C[C@H](CCCCCC)NC(=O)OC(C)(C)C. The molecule has 0 aliphatic carbocycles. The van der Waals surface area contributed by atoms with Crippen LogP contribution in [-0.2, 0) is 4.74 Å². The van der Waals surface area contributed by atoms with Crippen LogP contribution in [0.2, 0.25) is 0 Å². The van der Waals surface area contributed by atoms with E-state index in [1.807, 2.05) is 20.8 Å². The summed E-state index contributed by atoms with van der Waals surface area (Å²) in [4.78, 5) is 11.5. The minimum atomic E-state index is -0.481. The van der Waals surface area contributed by atoms with Crippen molar-refractivity contribution in [3.63, 3.8) is 0 Å². The third-order valence-corrected chi connectivity index (χ3v) is 2.24. The normalized spacial score (nSPS) is 12.6. The van der Waals surface area contributed by atoms with Crippen LogP contribution in [0.1, 0.15) is 59.8 Å². The van der Waals surface area contributed by atoms with Crippen LogP contribution >= 0.6 is 0 Å². The first-order valence-electron chi connectivity index (χ1n) is 6.34. The van der Waals surface area contributed by atoms with Crippen molar-refractivity contribution in [2.45, 2.75) is 71.4 Å². The Balaban J connectivity index is 3.89. The minimum absolute atomic E-state index is 0.221. The zero-order valence-electron chi connectivity index (χ0n) is 11.5. The maximum absolute atomic E-state index is 11.5. The first-order chi connectivity index (χ1) is 7.89. The van der Waals surface area contributed by atoms with Crippen LogP contribution in [0.15, 0.2) is 0 Å². The first-order valence-corrected chi connectivity index (χ1v) is 6.34. The fourth-order valence-corrected chi connectivity index (χ4v) is 1.42. The van der Waals surface area contributed by atoms with E-state index < -0.39 is 11.7 Å². The molecule has 3 nitrogen and oxygen atoms in total. The predicted molar refractivity (Wildman–Crippen MR) is 70.7 cm³/mol. The predicted octanol–water partition coefficient (Wildman–Crippen LogP) is 3.48. The molecule has 0 spiro atoms. The lowest BCUT2D eigenvalue weighted by Crippen LogP contribution is -2.38. The van der Waals surface area contributed by atoms with Gasteiger partial charge in [-0.3, -0.25) is 0 Å². The van der Waals surface area contributed by atoms with Crippen LogP contribution in [0.5, 0.6) is 0 Å². The summed E-state index contributed by atoms with van der Waals surface area (Å²) in [5.74, 6) is 2.58. The molecule has 1 N–H and O–H groups in total. The Labute approximate surface area is 105 Å². The summed E-state index contributed by atoms with van der Waals surface area (Å²) in [6, 6.07) is -0.221. The highest BCUT2D eigenvalue weighted by molar-refractivity contribution is 5.68. The monoisotopic (exact) mass is 239 g/mol. The van der Waals surface area contributed by atoms with E-state index >= 15 is 0 Å². The molecular formula is C14H25NO2. The number of hydrogen-bond donors (Lipinski definition) is 1. The van der Waals surface area contributed by atoms with Crippen LogP contribution < -0.4 is 5.32 Å². The average molecular weight is 239 g/mol. The highest BCUT2D eigenvalue weighted by Gasteiger charge is 2.18. The van der Waals surface area contributed by atoms with Crippen molar-refractivity contribution >= 4 is 6.09 Å². The Hall–Kier alpha value is -1.17. The number of carbonyl (C=O) groups excluding carboxylic acids is 1. The van der Waals surface area contributed by atoms with Crippen LogP contribution in [-0.4, -0.2) is 17.7 Å². The number of hydrogen-bond acceptors (Lipinski definition) is 2. The van der Waals surface area contributed by atoms with Gasteiger partial charge in [-0.05, 0) is 27.2 Å². The maximum Gasteiger partial charge on any atom is 0.408 e. The molecule has 0 aliphatic heterocycles. The summed E-state index contributed by atoms with van der Waals surface area (Å²) in [5.41, 5.74) is -0.481. The van der Waals surface area contributed by atoms with Gasteiger partial charge in [-0.1, -0.05) is 38.5 Å². The van der Waals surface area contributed by atoms with Gasteiger partial charge in [-0.15, -0.1) is 6.42 Å². The van der Waals surface area contributed by atoms with Crippen molar-refractivity contribution in [1.82, 2.24) is 5.32 Å². The molecule has 1 amide bonds.